The molecular formula is C36H39F8N3O4. The fourth-order valence-corrected chi connectivity index (χ4v) is 6.50. The lowest BCUT2D eigenvalue weighted by Crippen LogP contribution is -2.41. The van der Waals surface area contributed by atoms with Gasteiger partial charge >= 0.3 is 18.3 Å². The number of halogens is 8. The number of carboxylic acid groups (broad SMARTS) is 1. The molecule has 7 nitrogen and oxygen atoms in total. The lowest BCUT2D eigenvalue weighted by Gasteiger charge is -2.31. The normalized spacial score (nSPS) is 15.1. The smallest absolute Gasteiger partial charge is 0.416 e. The molecule has 2 aromatic carbocycles. The number of aliphatic carboxylic acids is 1. The van der Waals surface area contributed by atoms with Gasteiger partial charge in [0.05, 0.1) is 23.6 Å². The highest BCUT2D eigenvalue weighted by atomic mass is 19.4. The zero-order valence-corrected chi connectivity index (χ0v) is 28.7. The van der Waals surface area contributed by atoms with Gasteiger partial charge in [-0.3, -0.25) is 14.4 Å². The Morgan fingerprint density at radius 1 is 0.922 bits per heavy atom. The topological polar surface area (TPSA) is 91.6 Å². The van der Waals surface area contributed by atoms with Crippen LogP contribution in [0.5, 0.6) is 0 Å². The molecule has 0 aliphatic carbocycles. The summed E-state index contributed by atoms with van der Waals surface area (Å²) in [6.07, 6.45) is -9.15. The maximum absolute atomic E-state index is 16.5. The first-order valence-electron chi connectivity index (χ1n) is 16.3. The highest BCUT2D eigenvalue weighted by molar-refractivity contribution is 5.82. The predicted octanol–water partition coefficient (Wildman–Crippen LogP) is 7.92. The minimum Gasteiger partial charge on any atom is -0.481 e. The number of hydrogen-bond donors (Lipinski definition) is 2. The number of hydrogen-bond acceptors (Lipinski definition) is 4. The number of carbonyl (C=O) groups is 2. The fourth-order valence-electron chi connectivity index (χ4n) is 6.50. The average molecular weight is 730 g/mol. The molecule has 0 radical (unpaired) electrons. The van der Waals surface area contributed by atoms with Gasteiger partial charge in [-0.1, -0.05) is 19.9 Å². The molecule has 51 heavy (non-hydrogen) atoms. The summed E-state index contributed by atoms with van der Waals surface area (Å²) >= 11 is 0. The highest BCUT2D eigenvalue weighted by Gasteiger charge is 2.38. The molecule has 1 aliphatic heterocycles. The van der Waals surface area contributed by atoms with Crippen LogP contribution in [0.25, 0.3) is 11.1 Å². The van der Waals surface area contributed by atoms with Gasteiger partial charge in [0.2, 0.25) is 5.91 Å². The van der Waals surface area contributed by atoms with Crippen LogP contribution in [0, 0.1) is 38.3 Å². The second-order valence-electron chi connectivity index (χ2n) is 13.4. The molecule has 0 bridgehead atoms. The first-order chi connectivity index (χ1) is 23.6. The number of alkyl halides is 6. The minimum atomic E-state index is -4.88. The molecule has 3 aromatic rings. The standard InChI is InChI=1S/C36H39F8N3O4/c1-18(2)13-27(47-17-22(9-12-46-10-6-11-46)25(15-28(47)48)36(42,43)44)34(51)45-26(16-29(49)50)31-32(37)20(4)14-23(33(31)38)30-19(3)7-8-24(21(30)5)35(39,40)41/h7-8,14-15,17-18,26-27H,6,9-13,16H2,1-5H3,(H,45,51)(H,49,50)/t26-,27?/m0/s1. The second-order valence-corrected chi connectivity index (χ2v) is 13.4. The molecule has 4 rings (SSSR count). The summed E-state index contributed by atoms with van der Waals surface area (Å²) in [5.41, 5.74) is -5.65. The lowest BCUT2D eigenvalue weighted by atomic mass is 9.87. The molecule has 15 heteroatoms. The summed E-state index contributed by atoms with van der Waals surface area (Å²) in [6.45, 7) is 8.74. The Balaban J connectivity index is 1.84. The molecule has 1 saturated heterocycles. The van der Waals surface area contributed by atoms with Gasteiger partial charge in [-0.05, 0) is 99.0 Å². The fraction of sp³-hybridized carbons (Fsp3) is 0.472. The van der Waals surface area contributed by atoms with Crippen molar-refractivity contribution in [2.75, 3.05) is 19.6 Å². The van der Waals surface area contributed by atoms with Crippen molar-refractivity contribution < 1.29 is 49.8 Å². The molecule has 2 heterocycles. The summed E-state index contributed by atoms with van der Waals surface area (Å²) in [4.78, 5) is 41.1. The van der Waals surface area contributed by atoms with Crippen molar-refractivity contribution in [1.82, 2.24) is 14.8 Å². The largest absolute Gasteiger partial charge is 0.481 e. The predicted molar refractivity (Wildman–Crippen MR) is 173 cm³/mol. The molecule has 0 saturated carbocycles. The van der Waals surface area contributed by atoms with Gasteiger partial charge in [-0.2, -0.15) is 26.3 Å². The highest BCUT2D eigenvalue weighted by Crippen LogP contribution is 2.41. The number of nitrogens with zero attached hydrogens (tertiary/aromatic N) is 2. The number of nitrogens with one attached hydrogen (secondary N) is 1. The minimum absolute atomic E-state index is 0.0936. The second kappa shape index (κ2) is 15.1. The lowest BCUT2D eigenvalue weighted by molar-refractivity contribution is -0.139. The first kappa shape index (κ1) is 39.5. The Morgan fingerprint density at radius 3 is 2.08 bits per heavy atom. The molecule has 2 atom stereocenters. The maximum Gasteiger partial charge on any atom is 0.416 e. The van der Waals surface area contributed by atoms with Crippen LogP contribution in [0.15, 0.2) is 35.3 Å². The Labute approximate surface area is 289 Å². The van der Waals surface area contributed by atoms with Crippen molar-refractivity contribution in [2.24, 2.45) is 5.92 Å². The first-order valence-corrected chi connectivity index (χ1v) is 16.3. The van der Waals surface area contributed by atoms with Crippen LogP contribution in [0.3, 0.4) is 0 Å². The van der Waals surface area contributed by atoms with Crippen LogP contribution in [-0.4, -0.2) is 46.1 Å². The van der Waals surface area contributed by atoms with Crippen LogP contribution < -0.4 is 10.9 Å². The van der Waals surface area contributed by atoms with E-state index in [1.807, 2.05) is 4.90 Å². The third kappa shape index (κ3) is 8.79. The Hall–Kier alpha value is -4.27. The zero-order chi connectivity index (χ0) is 38.2. The van der Waals surface area contributed by atoms with E-state index in [0.29, 0.717) is 19.2 Å². The molecule has 1 aliphatic rings. The van der Waals surface area contributed by atoms with E-state index < -0.39 is 82.2 Å². The molecule has 2 N–H and O–H groups in total. The maximum atomic E-state index is 16.5. The molecule has 1 amide bonds. The summed E-state index contributed by atoms with van der Waals surface area (Å²) in [6, 6.07) is -0.130. The molecule has 1 unspecified atom stereocenters. The third-order valence-electron chi connectivity index (χ3n) is 9.16. The average Bonchev–Trinajstić information content (AvgIpc) is 2.96. The molecule has 0 spiro atoms. The number of carboxylic acids is 1. The molecular weight excluding hydrogens is 690 g/mol. The van der Waals surface area contributed by atoms with E-state index in [9.17, 15) is 45.8 Å². The summed E-state index contributed by atoms with van der Waals surface area (Å²) in [5, 5.41) is 12.1. The zero-order valence-electron chi connectivity index (χ0n) is 28.7. The number of pyridine rings is 1. The monoisotopic (exact) mass is 729 g/mol. The number of benzene rings is 2. The Bertz CT molecular complexity index is 1860. The van der Waals surface area contributed by atoms with Crippen LogP contribution in [0.1, 0.15) is 84.1 Å². The van der Waals surface area contributed by atoms with Crippen LogP contribution in [-0.2, 0) is 28.4 Å². The van der Waals surface area contributed by atoms with E-state index in [1.54, 1.807) is 13.8 Å². The van der Waals surface area contributed by atoms with Crippen LogP contribution in [0.4, 0.5) is 35.1 Å². The molecule has 1 aromatic heterocycles. The quantitative estimate of drug-likeness (QED) is 0.185. The SMILES string of the molecule is Cc1cc(-c2c(C)ccc(C(F)(F)F)c2C)c(F)c([C@H](CC(=O)O)NC(=O)C(CC(C)C)n2cc(CCN3CCC3)c(C(F)(F)F)cc2=O)c1F. The van der Waals surface area contributed by atoms with E-state index in [4.69, 9.17) is 0 Å². The number of aryl methyl sites for hydroxylation is 2. The van der Waals surface area contributed by atoms with E-state index in [-0.39, 0.29) is 53.1 Å². The van der Waals surface area contributed by atoms with E-state index in [1.165, 1.54) is 13.8 Å². The number of rotatable bonds is 12. The van der Waals surface area contributed by atoms with Gasteiger partial charge in [-0.15, -0.1) is 0 Å². The van der Waals surface area contributed by atoms with Crippen molar-refractivity contribution >= 4 is 11.9 Å². The Kier molecular flexibility index (Phi) is 11.7. The molecule has 1 fully saturated rings. The third-order valence-corrected chi connectivity index (χ3v) is 9.16. The summed E-state index contributed by atoms with van der Waals surface area (Å²) in [7, 11) is 0. The number of amides is 1. The summed E-state index contributed by atoms with van der Waals surface area (Å²) in [5.74, 6) is -5.71. The number of likely N-dealkylation sites (tertiary alicyclic amines) is 1. The van der Waals surface area contributed by atoms with Gasteiger partial charge in [0.1, 0.15) is 17.7 Å². The molecule has 278 valence electrons. The summed E-state index contributed by atoms with van der Waals surface area (Å²) < 4.78 is 117. The van der Waals surface area contributed by atoms with E-state index >= 15 is 8.78 Å². The van der Waals surface area contributed by atoms with Gasteiger partial charge in [0, 0.05) is 29.9 Å². The van der Waals surface area contributed by atoms with Gasteiger partial charge < -0.3 is 19.9 Å². The van der Waals surface area contributed by atoms with Crippen molar-refractivity contribution in [2.45, 2.75) is 84.7 Å². The van der Waals surface area contributed by atoms with Gasteiger partial charge in [0.15, 0.2) is 0 Å². The number of aromatic nitrogens is 1. The van der Waals surface area contributed by atoms with Gasteiger partial charge in [0.25, 0.3) is 5.56 Å². The van der Waals surface area contributed by atoms with Crippen LogP contribution in [0.2, 0.25) is 0 Å². The Morgan fingerprint density at radius 2 is 1.55 bits per heavy atom. The van der Waals surface area contributed by atoms with Gasteiger partial charge in [-0.25, -0.2) is 8.78 Å². The van der Waals surface area contributed by atoms with Crippen molar-refractivity contribution in [3.63, 3.8) is 0 Å². The number of carbonyl (C=O) groups excluding carboxylic acids is 1. The van der Waals surface area contributed by atoms with E-state index in [2.05, 4.69) is 5.32 Å². The van der Waals surface area contributed by atoms with Crippen molar-refractivity contribution in [1.29, 1.82) is 0 Å². The van der Waals surface area contributed by atoms with Crippen molar-refractivity contribution in [3.8, 4) is 11.1 Å². The van der Waals surface area contributed by atoms with Crippen molar-refractivity contribution in [3.05, 3.63) is 91.4 Å². The van der Waals surface area contributed by atoms with Crippen LogP contribution >= 0.6 is 0 Å². The van der Waals surface area contributed by atoms with E-state index in [0.717, 1.165) is 42.3 Å².